The Bertz CT molecular complexity index is 179. The summed E-state index contributed by atoms with van der Waals surface area (Å²) in [6, 6.07) is -0.517. The standard InChI is InChI=1S/C7H10NO2S/c1-5(9)2-7(10)3-6(8)4-11/h6H,2-3,8H2,1H3. The summed E-state index contributed by atoms with van der Waals surface area (Å²) < 4.78 is 0. The molecule has 0 aliphatic rings. The zero-order valence-corrected chi connectivity index (χ0v) is 7.11. The molecule has 3 nitrogen and oxygen atoms in total. The Kier molecular flexibility index (Phi) is 4.81. The molecule has 0 aromatic carbocycles. The number of rotatable bonds is 5. The first-order valence-corrected chi connectivity index (χ1v) is 3.61. The fraction of sp³-hybridized carbons (Fsp3) is 0.571. The molecule has 0 aliphatic carbocycles. The van der Waals surface area contributed by atoms with Crippen LogP contribution in [0.3, 0.4) is 0 Å². The molecular formula is C7H10NO2S. The van der Waals surface area contributed by atoms with Crippen LogP contribution in [0, 0.1) is 0 Å². The molecule has 0 heterocycles. The summed E-state index contributed by atoms with van der Waals surface area (Å²) in [6.45, 7) is 1.37. The molecule has 0 bridgehead atoms. The minimum absolute atomic E-state index is 0.0509. The average molecular weight is 172 g/mol. The number of hydrogen-bond acceptors (Lipinski definition) is 4. The van der Waals surface area contributed by atoms with Crippen molar-refractivity contribution in [2.75, 3.05) is 0 Å². The Morgan fingerprint density at radius 3 is 2.55 bits per heavy atom. The predicted octanol–water partition coefficient (Wildman–Crippen LogP) is 0.129. The van der Waals surface area contributed by atoms with Crippen LogP contribution in [0.2, 0.25) is 0 Å². The first-order valence-electron chi connectivity index (χ1n) is 3.20. The number of Topliss-reactive ketones (excluding diaryl/α,β-unsaturated/α-hetero) is 2. The van der Waals surface area contributed by atoms with Gasteiger partial charge in [0.1, 0.15) is 11.6 Å². The van der Waals surface area contributed by atoms with Crippen molar-refractivity contribution in [2.45, 2.75) is 25.8 Å². The van der Waals surface area contributed by atoms with E-state index in [9.17, 15) is 9.59 Å². The van der Waals surface area contributed by atoms with Gasteiger partial charge in [-0.1, -0.05) is 12.2 Å². The normalized spacial score (nSPS) is 12.2. The molecule has 0 rings (SSSR count). The van der Waals surface area contributed by atoms with E-state index in [-0.39, 0.29) is 24.4 Å². The van der Waals surface area contributed by atoms with Gasteiger partial charge in [0.2, 0.25) is 0 Å². The fourth-order valence-electron chi connectivity index (χ4n) is 0.637. The molecule has 4 heteroatoms. The molecule has 1 unspecified atom stereocenters. The Morgan fingerprint density at radius 2 is 2.18 bits per heavy atom. The van der Waals surface area contributed by atoms with E-state index in [1.807, 2.05) is 0 Å². The molecule has 1 atom stereocenters. The van der Waals surface area contributed by atoms with Gasteiger partial charge in [0.15, 0.2) is 0 Å². The van der Waals surface area contributed by atoms with Gasteiger partial charge in [-0.2, -0.15) is 0 Å². The molecule has 0 fully saturated rings. The molecular weight excluding hydrogens is 162 g/mol. The minimum atomic E-state index is -0.517. The van der Waals surface area contributed by atoms with Gasteiger partial charge in [-0.25, -0.2) is 0 Å². The largest absolute Gasteiger partial charge is 0.323 e. The van der Waals surface area contributed by atoms with Crippen LogP contribution >= 0.6 is 12.2 Å². The van der Waals surface area contributed by atoms with Crippen LogP contribution in [0.1, 0.15) is 19.8 Å². The second-order valence-electron chi connectivity index (χ2n) is 2.35. The highest BCUT2D eigenvalue weighted by Crippen LogP contribution is 1.93. The fourth-order valence-corrected chi connectivity index (χ4v) is 0.720. The average Bonchev–Trinajstić information content (AvgIpc) is 1.85. The van der Waals surface area contributed by atoms with E-state index in [4.69, 9.17) is 5.73 Å². The second-order valence-corrected chi connectivity index (χ2v) is 2.58. The van der Waals surface area contributed by atoms with Gasteiger partial charge in [0, 0.05) is 17.8 Å². The van der Waals surface area contributed by atoms with Crippen molar-refractivity contribution in [3.8, 4) is 0 Å². The maximum Gasteiger partial charge on any atom is 0.142 e. The van der Waals surface area contributed by atoms with Gasteiger partial charge < -0.3 is 5.73 Å². The van der Waals surface area contributed by atoms with Crippen molar-refractivity contribution >= 4 is 29.2 Å². The third kappa shape index (κ3) is 5.82. The van der Waals surface area contributed by atoms with Crippen molar-refractivity contribution in [3.63, 3.8) is 0 Å². The van der Waals surface area contributed by atoms with E-state index in [0.717, 1.165) is 0 Å². The van der Waals surface area contributed by atoms with Crippen molar-refractivity contribution in [3.05, 3.63) is 0 Å². The van der Waals surface area contributed by atoms with Gasteiger partial charge in [-0.3, -0.25) is 9.59 Å². The molecule has 61 valence electrons. The van der Waals surface area contributed by atoms with Crippen LogP contribution in [-0.4, -0.2) is 23.0 Å². The molecule has 2 N–H and O–H groups in total. The molecule has 0 spiro atoms. The van der Waals surface area contributed by atoms with Gasteiger partial charge in [-0.05, 0) is 6.92 Å². The summed E-state index contributed by atoms with van der Waals surface area (Å²) in [7, 11) is 0. The number of ketones is 2. The number of hydrogen-bond donors (Lipinski definition) is 1. The summed E-state index contributed by atoms with van der Waals surface area (Å²) in [5.41, 5.74) is 5.30. The van der Waals surface area contributed by atoms with Crippen molar-refractivity contribution in [1.29, 1.82) is 0 Å². The minimum Gasteiger partial charge on any atom is -0.323 e. The molecule has 0 amide bonds. The topological polar surface area (TPSA) is 60.2 Å². The summed E-state index contributed by atoms with van der Waals surface area (Å²) in [5, 5.41) is 2.30. The van der Waals surface area contributed by atoms with E-state index < -0.39 is 6.04 Å². The highest BCUT2D eigenvalue weighted by Gasteiger charge is 2.08. The highest BCUT2D eigenvalue weighted by atomic mass is 32.1. The van der Waals surface area contributed by atoms with Crippen LogP contribution < -0.4 is 5.73 Å². The second kappa shape index (κ2) is 5.09. The summed E-state index contributed by atoms with van der Waals surface area (Å²) in [6.07, 6.45) is 0.0633. The van der Waals surface area contributed by atoms with Gasteiger partial charge >= 0.3 is 0 Å². The Balaban J connectivity index is 3.69. The summed E-state index contributed by atoms with van der Waals surface area (Å²) >= 11 is 4.39. The SMILES string of the molecule is CC(=O)CC(=O)CC(N)[C]=S. The summed E-state index contributed by atoms with van der Waals surface area (Å²) in [4.78, 5) is 21.3. The van der Waals surface area contributed by atoms with Crippen LogP contribution in [0.25, 0.3) is 0 Å². The van der Waals surface area contributed by atoms with Gasteiger partial charge in [0.25, 0.3) is 0 Å². The number of thiocarbonyl (C=S) groups is 1. The zero-order valence-electron chi connectivity index (χ0n) is 6.29. The third-order valence-corrected chi connectivity index (χ3v) is 1.35. The zero-order chi connectivity index (χ0) is 8.85. The number of nitrogens with two attached hydrogens (primary N) is 1. The molecule has 0 saturated carbocycles. The lowest BCUT2D eigenvalue weighted by Gasteiger charge is -2.00. The number of carbonyl (C=O) groups is 2. The first kappa shape index (κ1) is 10.4. The monoisotopic (exact) mass is 172 g/mol. The lowest BCUT2D eigenvalue weighted by molar-refractivity contribution is -0.125. The van der Waals surface area contributed by atoms with Crippen LogP contribution in [-0.2, 0) is 9.59 Å². The molecule has 0 aliphatic heterocycles. The first-order chi connectivity index (χ1) is 5.06. The lowest BCUT2D eigenvalue weighted by atomic mass is 10.1. The van der Waals surface area contributed by atoms with Crippen LogP contribution in [0.4, 0.5) is 0 Å². The Morgan fingerprint density at radius 1 is 1.64 bits per heavy atom. The van der Waals surface area contributed by atoms with Crippen LogP contribution in [0.5, 0.6) is 0 Å². The molecule has 0 aromatic rings. The number of carbonyl (C=O) groups excluding carboxylic acids is 2. The molecule has 1 radical (unpaired) electrons. The van der Waals surface area contributed by atoms with E-state index in [0.29, 0.717) is 0 Å². The molecule has 0 aromatic heterocycles. The van der Waals surface area contributed by atoms with Crippen molar-refractivity contribution < 1.29 is 9.59 Å². The predicted molar refractivity (Wildman–Crippen MR) is 45.5 cm³/mol. The molecule has 0 saturated heterocycles. The quantitative estimate of drug-likeness (QED) is 0.473. The van der Waals surface area contributed by atoms with E-state index >= 15 is 0 Å². The van der Waals surface area contributed by atoms with Crippen molar-refractivity contribution in [1.82, 2.24) is 0 Å². The van der Waals surface area contributed by atoms with E-state index in [1.54, 1.807) is 0 Å². The Labute approximate surface area is 71.0 Å². The third-order valence-electron chi connectivity index (χ3n) is 1.05. The van der Waals surface area contributed by atoms with Crippen LogP contribution in [0.15, 0.2) is 0 Å². The Hall–Kier alpha value is -0.610. The smallest absolute Gasteiger partial charge is 0.142 e. The maximum atomic E-state index is 10.8. The maximum absolute atomic E-state index is 10.8. The summed E-state index contributed by atoms with van der Waals surface area (Å²) in [5.74, 6) is -0.325. The van der Waals surface area contributed by atoms with E-state index in [2.05, 4.69) is 17.6 Å². The van der Waals surface area contributed by atoms with Gasteiger partial charge in [-0.15, -0.1) is 0 Å². The van der Waals surface area contributed by atoms with Crippen molar-refractivity contribution in [2.24, 2.45) is 5.73 Å². The lowest BCUT2D eigenvalue weighted by Crippen LogP contribution is -2.25. The molecule has 11 heavy (non-hydrogen) atoms. The van der Waals surface area contributed by atoms with Gasteiger partial charge in [0.05, 0.1) is 6.42 Å². The van der Waals surface area contributed by atoms with E-state index in [1.165, 1.54) is 6.92 Å². The highest BCUT2D eigenvalue weighted by molar-refractivity contribution is 7.79.